The molecule has 7 nitrogen and oxygen atoms in total. The molecule has 1 fully saturated rings. The van der Waals surface area contributed by atoms with E-state index < -0.39 is 5.60 Å². The number of nitrogens with zero attached hydrogens (tertiary/aromatic N) is 4. The lowest BCUT2D eigenvalue weighted by Gasteiger charge is -2.35. The standard InChI is InChI=1S/C21H31N5O2S/c1-21(2,3)28-20(27)25-10-8-24(9-11-25)12-15-13-26-18(14-29-19(26)23-15)16-6-4-5-7-17(16)22/h4-5,7,13,16,18H,6,8-12,14,22H2,1-3H3. The van der Waals surface area contributed by atoms with Crippen molar-refractivity contribution in [1.82, 2.24) is 19.4 Å². The van der Waals surface area contributed by atoms with Crippen molar-refractivity contribution in [1.29, 1.82) is 0 Å². The van der Waals surface area contributed by atoms with Gasteiger partial charge < -0.3 is 19.9 Å². The predicted octanol–water partition coefficient (Wildman–Crippen LogP) is 3.00. The minimum Gasteiger partial charge on any atom is -0.444 e. The van der Waals surface area contributed by atoms with Gasteiger partial charge in [0, 0.05) is 56.3 Å². The molecule has 1 amide bonds. The van der Waals surface area contributed by atoms with E-state index in [1.165, 1.54) is 0 Å². The van der Waals surface area contributed by atoms with Crippen LogP contribution in [0.2, 0.25) is 0 Å². The molecule has 0 saturated carbocycles. The zero-order valence-corrected chi connectivity index (χ0v) is 18.3. The third-order valence-electron chi connectivity index (χ3n) is 5.61. The highest BCUT2D eigenvalue weighted by atomic mass is 32.2. The van der Waals surface area contributed by atoms with E-state index in [9.17, 15) is 4.79 Å². The Kier molecular flexibility index (Phi) is 5.66. The van der Waals surface area contributed by atoms with E-state index >= 15 is 0 Å². The van der Waals surface area contributed by atoms with Gasteiger partial charge in [-0.2, -0.15) is 0 Å². The Labute approximate surface area is 177 Å². The minimum absolute atomic E-state index is 0.218. The van der Waals surface area contributed by atoms with Crippen LogP contribution in [0.1, 0.15) is 38.9 Å². The van der Waals surface area contributed by atoms with Gasteiger partial charge in [-0.1, -0.05) is 23.9 Å². The summed E-state index contributed by atoms with van der Waals surface area (Å²) in [6.07, 6.45) is 9.25. The topological polar surface area (TPSA) is 76.6 Å². The number of rotatable bonds is 3. The first-order chi connectivity index (χ1) is 13.8. The summed E-state index contributed by atoms with van der Waals surface area (Å²) < 4.78 is 7.80. The second kappa shape index (κ2) is 8.07. The van der Waals surface area contributed by atoms with Gasteiger partial charge >= 0.3 is 6.09 Å². The average Bonchev–Trinajstić information content (AvgIpc) is 3.21. The maximum atomic E-state index is 12.2. The van der Waals surface area contributed by atoms with Crippen LogP contribution in [0.25, 0.3) is 0 Å². The summed E-state index contributed by atoms with van der Waals surface area (Å²) in [5, 5.41) is 1.10. The Morgan fingerprint density at radius 3 is 2.76 bits per heavy atom. The molecule has 0 aromatic carbocycles. The van der Waals surface area contributed by atoms with Crippen LogP contribution in [-0.4, -0.2) is 63.0 Å². The molecule has 1 aromatic heterocycles. The molecule has 158 valence electrons. The molecule has 0 radical (unpaired) electrons. The van der Waals surface area contributed by atoms with Gasteiger partial charge in [0.15, 0.2) is 5.16 Å². The summed E-state index contributed by atoms with van der Waals surface area (Å²) in [6.45, 7) is 9.56. The molecule has 0 bridgehead atoms. The van der Waals surface area contributed by atoms with Gasteiger partial charge in [-0.15, -0.1) is 0 Å². The van der Waals surface area contributed by atoms with Crippen molar-refractivity contribution in [3.8, 4) is 0 Å². The highest BCUT2D eigenvalue weighted by molar-refractivity contribution is 7.99. The van der Waals surface area contributed by atoms with E-state index in [1.807, 2.05) is 44.7 Å². The van der Waals surface area contributed by atoms with Gasteiger partial charge in [-0.25, -0.2) is 9.78 Å². The zero-order valence-electron chi connectivity index (χ0n) is 17.5. The second-order valence-electron chi connectivity index (χ2n) is 8.98. The van der Waals surface area contributed by atoms with Crippen LogP contribution in [-0.2, 0) is 11.3 Å². The number of fused-ring (bicyclic) bond motifs is 1. The zero-order chi connectivity index (χ0) is 20.6. The Hall–Kier alpha value is -1.93. The maximum absolute atomic E-state index is 12.2. The van der Waals surface area contributed by atoms with Crippen molar-refractivity contribution in [2.75, 3.05) is 31.9 Å². The minimum atomic E-state index is -0.452. The highest BCUT2D eigenvalue weighted by Crippen LogP contribution is 2.41. The predicted molar refractivity (Wildman–Crippen MR) is 115 cm³/mol. The first-order valence-corrected chi connectivity index (χ1v) is 11.3. The Bertz CT molecular complexity index is 818. The average molecular weight is 418 g/mol. The molecule has 1 saturated heterocycles. The van der Waals surface area contributed by atoms with Crippen LogP contribution in [0.4, 0.5) is 4.79 Å². The molecule has 2 N–H and O–H groups in total. The Morgan fingerprint density at radius 1 is 1.31 bits per heavy atom. The first kappa shape index (κ1) is 20.3. The van der Waals surface area contributed by atoms with Crippen LogP contribution >= 0.6 is 11.8 Å². The third kappa shape index (κ3) is 4.64. The van der Waals surface area contributed by atoms with E-state index in [0.29, 0.717) is 25.0 Å². The van der Waals surface area contributed by atoms with Gasteiger partial charge in [-0.3, -0.25) is 4.90 Å². The number of ether oxygens (including phenoxy) is 1. The van der Waals surface area contributed by atoms with Gasteiger partial charge in [0.2, 0.25) is 0 Å². The van der Waals surface area contributed by atoms with Crippen molar-refractivity contribution in [2.45, 2.75) is 50.5 Å². The van der Waals surface area contributed by atoms with E-state index in [-0.39, 0.29) is 6.09 Å². The number of nitrogens with two attached hydrogens (primary N) is 1. The van der Waals surface area contributed by atoms with Gasteiger partial charge in [0.25, 0.3) is 0 Å². The third-order valence-corrected chi connectivity index (χ3v) is 6.67. The number of carbonyl (C=O) groups is 1. The lowest BCUT2D eigenvalue weighted by atomic mass is 9.90. The molecule has 2 atom stereocenters. The fraction of sp³-hybridized carbons (Fsp3) is 0.619. The van der Waals surface area contributed by atoms with Crippen molar-refractivity contribution >= 4 is 17.9 Å². The quantitative estimate of drug-likeness (QED) is 0.815. The molecule has 3 aliphatic rings. The number of piperazine rings is 1. The number of carbonyl (C=O) groups excluding carboxylic acids is 1. The fourth-order valence-electron chi connectivity index (χ4n) is 4.08. The maximum Gasteiger partial charge on any atom is 0.410 e. The molecule has 2 unspecified atom stereocenters. The van der Waals surface area contributed by atoms with E-state index in [0.717, 1.165) is 48.4 Å². The van der Waals surface area contributed by atoms with Gasteiger partial charge in [-0.05, 0) is 33.3 Å². The number of amides is 1. The van der Waals surface area contributed by atoms with Crippen LogP contribution in [0.5, 0.6) is 0 Å². The van der Waals surface area contributed by atoms with E-state index in [4.69, 9.17) is 15.5 Å². The number of imidazole rings is 1. The van der Waals surface area contributed by atoms with Crippen LogP contribution in [0.15, 0.2) is 35.3 Å². The van der Waals surface area contributed by atoms with Crippen molar-refractivity contribution in [2.24, 2.45) is 11.7 Å². The fourth-order valence-corrected chi connectivity index (χ4v) is 5.32. The molecule has 2 aliphatic heterocycles. The first-order valence-electron chi connectivity index (χ1n) is 10.3. The molecule has 4 rings (SSSR count). The molecule has 1 aromatic rings. The largest absolute Gasteiger partial charge is 0.444 e. The number of aromatic nitrogens is 2. The Morgan fingerprint density at radius 2 is 2.07 bits per heavy atom. The van der Waals surface area contributed by atoms with Crippen LogP contribution in [0.3, 0.4) is 0 Å². The second-order valence-corrected chi connectivity index (χ2v) is 9.97. The Balaban J connectivity index is 1.33. The molecular formula is C21H31N5O2S. The van der Waals surface area contributed by atoms with Gasteiger partial charge in [0.05, 0.1) is 11.7 Å². The van der Waals surface area contributed by atoms with Crippen LogP contribution < -0.4 is 5.73 Å². The molecule has 0 spiro atoms. The molecule has 29 heavy (non-hydrogen) atoms. The number of hydrogen-bond donors (Lipinski definition) is 1. The van der Waals surface area contributed by atoms with E-state index in [2.05, 4.69) is 21.7 Å². The highest BCUT2D eigenvalue weighted by Gasteiger charge is 2.33. The van der Waals surface area contributed by atoms with E-state index in [1.54, 1.807) is 4.90 Å². The molecular weight excluding hydrogens is 386 g/mol. The van der Waals surface area contributed by atoms with Gasteiger partial charge in [0.1, 0.15) is 5.60 Å². The van der Waals surface area contributed by atoms with Crippen molar-refractivity contribution < 1.29 is 9.53 Å². The normalized spacial score (nSPS) is 25.1. The lowest BCUT2D eigenvalue weighted by molar-refractivity contribution is 0.0138. The van der Waals surface area contributed by atoms with Crippen molar-refractivity contribution in [3.05, 3.63) is 35.8 Å². The summed E-state index contributed by atoms with van der Waals surface area (Å²) in [6, 6.07) is 0.376. The monoisotopic (exact) mass is 417 g/mol. The summed E-state index contributed by atoms with van der Waals surface area (Å²) in [7, 11) is 0. The SMILES string of the molecule is CC(C)(C)OC(=O)N1CCN(Cc2cn3c(n2)SCC3C2CC=CC=C2N)CC1. The summed E-state index contributed by atoms with van der Waals surface area (Å²) in [5.74, 6) is 1.39. The summed E-state index contributed by atoms with van der Waals surface area (Å²) in [4.78, 5) is 21.2. The number of allylic oxidation sites excluding steroid dienone is 4. The number of thioether (sulfide) groups is 1. The van der Waals surface area contributed by atoms with Crippen LogP contribution in [0, 0.1) is 5.92 Å². The molecule has 1 aliphatic carbocycles. The summed E-state index contributed by atoms with van der Waals surface area (Å²) >= 11 is 1.82. The van der Waals surface area contributed by atoms with Crippen molar-refractivity contribution in [3.63, 3.8) is 0 Å². The lowest BCUT2D eigenvalue weighted by Crippen LogP contribution is -2.49. The summed E-state index contributed by atoms with van der Waals surface area (Å²) in [5.41, 5.74) is 7.88. The smallest absolute Gasteiger partial charge is 0.410 e. The molecule has 8 heteroatoms. The molecule has 3 heterocycles. The number of hydrogen-bond acceptors (Lipinski definition) is 6.